The van der Waals surface area contributed by atoms with Crippen LogP contribution in [0.5, 0.6) is 5.75 Å². The van der Waals surface area contributed by atoms with Crippen molar-refractivity contribution in [3.63, 3.8) is 0 Å². The molecule has 1 saturated heterocycles. The van der Waals surface area contributed by atoms with Crippen molar-refractivity contribution in [2.24, 2.45) is 0 Å². The van der Waals surface area contributed by atoms with Gasteiger partial charge in [-0.15, -0.1) is 11.8 Å². The zero-order valence-electron chi connectivity index (χ0n) is 21.0. The smallest absolute Gasteiger partial charge is 0.410 e. The van der Waals surface area contributed by atoms with Crippen molar-refractivity contribution < 1.29 is 19.1 Å². The van der Waals surface area contributed by atoms with Crippen molar-refractivity contribution >= 4 is 35.4 Å². The number of aryl methyl sites for hydroxylation is 1. The average molecular weight is 532 g/mol. The Kier molecular flexibility index (Phi) is 12.3. The molecule has 0 N–H and O–H groups in total. The van der Waals surface area contributed by atoms with Crippen LogP contribution >= 0.6 is 23.5 Å². The number of unbranched alkanes of at least 4 members (excludes halogenated alkanes) is 3. The molecular formula is C27H37N3O4S2. The second kappa shape index (κ2) is 15.7. The molecule has 1 aliphatic heterocycles. The number of imidazole rings is 1. The van der Waals surface area contributed by atoms with E-state index in [4.69, 9.17) is 9.47 Å². The SMILES string of the molecule is C=CCOc1ccc(SCC2SCCN(C(=O)OCC)C2C(=O)CCCCCCn2ccnc2)cc1. The summed E-state index contributed by atoms with van der Waals surface area (Å²) in [6.07, 6.45) is 11.4. The first-order valence-corrected chi connectivity index (χ1v) is 14.7. The third-order valence-electron chi connectivity index (χ3n) is 5.94. The predicted molar refractivity (Wildman–Crippen MR) is 147 cm³/mol. The molecule has 1 fully saturated rings. The van der Waals surface area contributed by atoms with E-state index < -0.39 is 6.04 Å². The molecule has 7 nitrogen and oxygen atoms in total. The molecule has 196 valence electrons. The fourth-order valence-corrected chi connectivity index (χ4v) is 6.69. The molecule has 9 heteroatoms. The summed E-state index contributed by atoms with van der Waals surface area (Å²) in [7, 11) is 0. The molecule has 0 bridgehead atoms. The Balaban J connectivity index is 1.54. The van der Waals surface area contributed by atoms with Crippen LogP contribution in [0.3, 0.4) is 0 Å². The molecule has 0 spiro atoms. The van der Waals surface area contributed by atoms with Crippen LogP contribution in [0.1, 0.15) is 39.0 Å². The van der Waals surface area contributed by atoms with Crippen LogP contribution in [0.4, 0.5) is 4.79 Å². The van der Waals surface area contributed by atoms with E-state index in [9.17, 15) is 9.59 Å². The lowest BCUT2D eigenvalue weighted by molar-refractivity contribution is -0.124. The Morgan fingerprint density at radius 1 is 1.22 bits per heavy atom. The number of amides is 1. The van der Waals surface area contributed by atoms with Gasteiger partial charge < -0.3 is 14.0 Å². The zero-order chi connectivity index (χ0) is 25.6. The maximum atomic E-state index is 13.4. The number of benzene rings is 1. The quantitative estimate of drug-likeness (QED) is 0.166. The minimum atomic E-state index is -0.448. The van der Waals surface area contributed by atoms with E-state index in [0.29, 0.717) is 26.2 Å². The fraction of sp³-hybridized carbons (Fsp3) is 0.519. The van der Waals surface area contributed by atoms with Crippen LogP contribution in [0.15, 0.2) is 60.5 Å². The standard InChI is InChI=1S/C27H37N3O4S2/c1-3-18-34-22-10-12-23(13-11-22)36-20-25-26(30(17-19-35-25)27(32)33-4-2)24(31)9-7-5-6-8-15-29-16-14-28-21-29/h3,10-14,16,21,25-26H,1,4-9,15,17-20H2,2H3. The summed E-state index contributed by atoms with van der Waals surface area (Å²) in [6.45, 7) is 7.74. The van der Waals surface area contributed by atoms with Crippen LogP contribution in [-0.2, 0) is 16.1 Å². The van der Waals surface area contributed by atoms with Crippen LogP contribution in [0, 0.1) is 0 Å². The summed E-state index contributed by atoms with van der Waals surface area (Å²) in [5, 5.41) is 0.0265. The van der Waals surface area contributed by atoms with Crippen molar-refractivity contribution in [3.8, 4) is 5.75 Å². The Morgan fingerprint density at radius 3 is 2.75 bits per heavy atom. The normalized spacial score (nSPS) is 17.5. The molecule has 2 heterocycles. The number of rotatable bonds is 15. The molecular weight excluding hydrogens is 494 g/mol. The largest absolute Gasteiger partial charge is 0.490 e. The van der Waals surface area contributed by atoms with E-state index in [1.165, 1.54) is 0 Å². The highest BCUT2D eigenvalue weighted by Gasteiger charge is 2.39. The van der Waals surface area contributed by atoms with Gasteiger partial charge in [-0.1, -0.05) is 25.5 Å². The Hall–Kier alpha value is -2.39. The maximum absolute atomic E-state index is 13.4. The summed E-state index contributed by atoms with van der Waals surface area (Å²) in [4.78, 5) is 32.9. The highest BCUT2D eigenvalue weighted by atomic mass is 32.2. The van der Waals surface area contributed by atoms with Crippen LogP contribution in [-0.4, -0.2) is 68.9 Å². The number of carbonyl (C=O) groups is 2. The van der Waals surface area contributed by atoms with Crippen LogP contribution in [0.2, 0.25) is 0 Å². The molecule has 1 aromatic heterocycles. The number of nitrogens with zero attached hydrogens (tertiary/aromatic N) is 3. The molecule has 3 rings (SSSR count). The zero-order valence-corrected chi connectivity index (χ0v) is 22.7. The minimum Gasteiger partial charge on any atom is -0.490 e. The van der Waals surface area contributed by atoms with Crippen molar-refractivity contribution in [3.05, 3.63) is 55.6 Å². The number of hydrogen-bond acceptors (Lipinski definition) is 7. The number of aromatic nitrogens is 2. The van der Waals surface area contributed by atoms with Gasteiger partial charge in [0.15, 0.2) is 5.78 Å². The topological polar surface area (TPSA) is 73.7 Å². The average Bonchev–Trinajstić information content (AvgIpc) is 3.42. The summed E-state index contributed by atoms with van der Waals surface area (Å²) in [5.41, 5.74) is 0. The van der Waals surface area contributed by atoms with Gasteiger partial charge in [-0.2, -0.15) is 11.8 Å². The summed E-state index contributed by atoms with van der Waals surface area (Å²) >= 11 is 3.49. The fourth-order valence-electron chi connectivity index (χ4n) is 4.14. The lowest BCUT2D eigenvalue weighted by atomic mass is 10.0. The van der Waals surface area contributed by atoms with E-state index >= 15 is 0 Å². The monoisotopic (exact) mass is 531 g/mol. The third-order valence-corrected chi connectivity index (χ3v) is 8.55. The summed E-state index contributed by atoms with van der Waals surface area (Å²) in [5.74, 6) is 2.49. The number of ketones is 1. The highest BCUT2D eigenvalue weighted by molar-refractivity contribution is 8.03. The Morgan fingerprint density at radius 2 is 2.03 bits per heavy atom. The first-order chi connectivity index (χ1) is 17.6. The molecule has 2 unspecified atom stereocenters. The molecule has 2 aromatic rings. The number of Topliss-reactive ketones (excluding diaryl/α,β-unsaturated/α-hetero) is 1. The molecule has 36 heavy (non-hydrogen) atoms. The number of hydrogen-bond donors (Lipinski definition) is 0. The highest BCUT2D eigenvalue weighted by Crippen LogP contribution is 2.33. The lowest BCUT2D eigenvalue weighted by Gasteiger charge is -2.39. The molecule has 2 atom stereocenters. The predicted octanol–water partition coefficient (Wildman–Crippen LogP) is 5.70. The van der Waals surface area contributed by atoms with Gasteiger partial charge in [-0.25, -0.2) is 9.78 Å². The summed E-state index contributed by atoms with van der Waals surface area (Å²) < 4.78 is 12.9. The van der Waals surface area contributed by atoms with E-state index in [2.05, 4.69) is 16.1 Å². The van der Waals surface area contributed by atoms with Gasteiger partial charge in [0.2, 0.25) is 0 Å². The molecule has 0 radical (unpaired) electrons. The van der Waals surface area contributed by atoms with Crippen molar-refractivity contribution in [1.82, 2.24) is 14.5 Å². The van der Waals surface area contributed by atoms with Crippen molar-refractivity contribution in [2.45, 2.75) is 61.8 Å². The Labute approximate surface area is 223 Å². The van der Waals surface area contributed by atoms with Crippen molar-refractivity contribution in [2.75, 3.05) is 31.3 Å². The van der Waals surface area contributed by atoms with E-state index in [1.807, 2.05) is 36.8 Å². The van der Waals surface area contributed by atoms with Crippen molar-refractivity contribution in [1.29, 1.82) is 0 Å². The molecule has 0 saturated carbocycles. The van der Waals surface area contributed by atoms with Gasteiger partial charge in [-0.05, 0) is 44.0 Å². The van der Waals surface area contributed by atoms with Gasteiger partial charge in [-0.3, -0.25) is 9.69 Å². The van der Waals surface area contributed by atoms with E-state index in [0.717, 1.165) is 54.4 Å². The minimum absolute atomic E-state index is 0.0265. The first kappa shape index (κ1) is 28.2. The second-order valence-corrected chi connectivity index (χ2v) is 11.0. The number of carbonyl (C=O) groups excluding carboxylic acids is 2. The molecule has 1 aromatic carbocycles. The maximum Gasteiger partial charge on any atom is 0.410 e. The van der Waals surface area contributed by atoms with Gasteiger partial charge in [0.05, 0.1) is 12.9 Å². The van der Waals surface area contributed by atoms with Crippen LogP contribution < -0.4 is 4.74 Å². The van der Waals surface area contributed by atoms with Gasteiger partial charge in [0, 0.05) is 53.6 Å². The molecule has 0 aliphatic carbocycles. The first-order valence-electron chi connectivity index (χ1n) is 12.6. The summed E-state index contributed by atoms with van der Waals surface area (Å²) in [6, 6.07) is 7.50. The molecule has 1 aliphatic rings. The van der Waals surface area contributed by atoms with E-state index in [1.54, 1.807) is 47.6 Å². The van der Waals surface area contributed by atoms with Crippen LogP contribution in [0.25, 0.3) is 0 Å². The third kappa shape index (κ3) is 8.92. The molecule has 1 amide bonds. The van der Waals surface area contributed by atoms with E-state index in [-0.39, 0.29) is 17.1 Å². The second-order valence-electron chi connectivity index (χ2n) is 8.56. The lowest BCUT2D eigenvalue weighted by Crippen LogP contribution is -2.55. The number of thioether (sulfide) groups is 2. The van der Waals surface area contributed by atoms with Gasteiger partial charge in [0.1, 0.15) is 18.4 Å². The number of ether oxygens (including phenoxy) is 2. The van der Waals surface area contributed by atoms with Gasteiger partial charge >= 0.3 is 6.09 Å². The van der Waals surface area contributed by atoms with Gasteiger partial charge in [0.25, 0.3) is 0 Å². The Bertz CT molecular complexity index is 937.